The lowest BCUT2D eigenvalue weighted by molar-refractivity contribution is -0.131. The number of benzene rings is 1. The van der Waals surface area contributed by atoms with Crippen molar-refractivity contribution in [1.82, 2.24) is 0 Å². The van der Waals surface area contributed by atoms with Crippen molar-refractivity contribution in [2.75, 3.05) is 13.7 Å². The van der Waals surface area contributed by atoms with Gasteiger partial charge in [0.05, 0.1) is 7.11 Å². The van der Waals surface area contributed by atoms with Gasteiger partial charge in [-0.15, -0.1) is 0 Å². The molecule has 0 unspecified atom stereocenters. The number of carbonyl (C=O) groups is 2. The van der Waals surface area contributed by atoms with Gasteiger partial charge in [0, 0.05) is 11.6 Å². The van der Waals surface area contributed by atoms with Crippen LogP contribution in [0, 0.1) is 0 Å². The monoisotopic (exact) mass is 251 g/mol. The molecule has 0 spiro atoms. The number of hydrogen-bond donors (Lipinski definition) is 2. The van der Waals surface area contributed by atoms with E-state index in [1.807, 2.05) is 0 Å². The molecule has 0 atom stereocenters. The zero-order chi connectivity index (χ0) is 13.5. The Morgan fingerprint density at radius 3 is 2.67 bits per heavy atom. The minimum Gasteiger partial charge on any atom is -0.493 e. The predicted molar refractivity (Wildman–Crippen MR) is 63.8 cm³/mol. The van der Waals surface area contributed by atoms with E-state index in [2.05, 4.69) is 0 Å². The highest BCUT2D eigenvalue weighted by Crippen LogP contribution is 2.27. The lowest BCUT2D eigenvalue weighted by Crippen LogP contribution is -2.11. The highest BCUT2D eigenvalue weighted by molar-refractivity contribution is 5.93. The molecule has 3 N–H and O–H groups in total. The molecular formula is C12H13NO5. The summed E-state index contributed by atoms with van der Waals surface area (Å²) in [6.07, 6.45) is 2.33. The minimum absolute atomic E-state index is 0.0819. The first-order chi connectivity index (χ1) is 8.54. The topological polar surface area (TPSA) is 98.9 Å². The Hall–Kier alpha value is -2.50. The highest BCUT2D eigenvalue weighted by Gasteiger charge is 2.08. The molecule has 1 aromatic rings. The second-order valence-corrected chi connectivity index (χ2v) is 3.28. The fourth-order valence-electron chi connectivity index (χ4n) is 1.23. The number of ether oxygens (including phenoxy) is 2. The van der Waals surface area contributed by atoms with Crippen LogP contribution in [0.5, 0.6) is 11.5 Å². The summed E-state index contributed by atoms with van der Waals surface area (Å²) in [4.78, 5) is 21.2. The van der Waals surface area contributed by atoms with Crippen LogP contribution in [0.1, 0.15) is 10.4 Å². The van der Waals surface area contributed by atoms with Gasteiger partial charge in [0.15, 0.2) is 11.5 Å². The number of carboxylic acid groups (broad SMARTS) is 1. The molecule has 0 aromatic heterocycles. The van der Waals surface area contributed by atoms with E-state index in [0.29, 0.717) is 17.1 Å². The van der Waals surface area contributed by atoms with Crippen LogP contribution in [-0.2, 0) is 4.79 Å². The lowest BCUT2D eigenvalue weighted by Gasteiger charge is -2.09. The SMILES string of the molecule is COc1cc(C(N)=O)ccc1OC/C=C/C(=O)O. The number of amides is 1. The molecule has 18 heavy (non-hydrogen) atoms. The molecule has 1 aromatic carbocycles. The highest BCUT2D eigenvalue weighted by atomic mass is 16.5. The molecule has 96 valence electrons. The number of primary amides is 1. The molecular weight excluding hydrogens is 238 g/mol. The molecule has 1 rings (SSSR count). The molecule has 0 heterocycles. The number of rotatable bonds is 6. The van der Waals surface area contributed by atoms with E-state index in [-0.39, 0.29) is 6.61 Å². The molecule has 0 saturated carbocycles. The van der Waals surface area contributed by atoms with Gasteiger partial charge < -0.3 is 20.3 Å². The summed E-state index contributed by atoms with van der Waals surface area (Å²) in [5, 5.41) is 8.39. The summed E-state index contributed by atoms with van der Waals surface area (Å²) in [6.45, 7) is 0.0819. The van der Waals surface area contributed by atoms with Crippen molar-refractivity contribution in [3.63, 3.8) is 0 Å². The van der Waals surface area contributed by atoms with Crippen LogP contribution >= 0.6 is 0 Å². The normalized spacial score (nSPS) is 10.3. The van der Waals surface area contributed by atoms with E-state index in [9.17, 15) is 9.59 Å². The fraction of sp³-hybridized carbons (Fsp3) is 0.167. The molecule has 1 amide bonds. The number of methoxy groups -OCH3 is 1. The maximum Gasteiger partial charge on any atom is 0.328 e. The molecule has 0 aliphatic carbocycles. The molecule has 0 saturated heterocycles. The minimum atomic E-state index is -1.05. The van der Waals surface area contributed by atoms with Crippen molar-refractivity contribution in [2.45, 2.75) is 0 Å². The molecule has 6 heteroatoms. The zero-order valence-corrected chi connectivity index (χ0v) is 9.75. The Morgan fingerprint density at radius 1 is 1.39 bits per heavy atom. The van der Waals surface area contributed by atoms with E-state index in [1.165, 1.54) is 31.4 Å². The standard InChI is InChI=1S/C12H13NO5/c1-17-10-7-8(12(13)16)4-5-9(10)18-6-2-3-11(14)15/h2-5,7H,6H2,1H3,(H2,13,16)(H,14,15)/b3-2+. The van der Waals surface area contributed by atoms with E-state index < -0.39 is 11.9 Å². The molecule has 0 aliphatic rings. The van der Waals surface area contributed by atoms with E-state index in [1.54, 1.807) is 0 Å². The van der Waals surface area contributed by atoms with Crippen molar-refractivity contribution >= 4 is 11.9 Å². The van der Waals surface area contributed by atoms with Crippen LogP contribution in [0.4, 0.5) is 0 Å². The predicted octanol–water partition coefficient (Wildman–Crippen LogP) is 0.814. The van der Waals surface area contributed by atoms with Crippen LogP contribution in [0.15, 0.2) is 30.4 Å². The van der Waals surface area contributed by atoms with Gasteiger partial charge in [0.1, 0.15) is 6.61 Å². The van der Waals surface area contributed by atoms with Crippen molar-refractivity contribution in [1.29, 1.82) is 0 Å². The molecule has 6 nitrogen and oxygen atoms in total. The van der Waals surface area contributed by atoms with Crippen LogP contribution in [0.3, 0.4) is 0 Å². The quantitative estimate of drug-likeness (QED) is 0.729. The molecule has 0 fully saturated rings. The number of nitrogens with two attached hydrogens (primary N) is 1. The first-order valence-electron chi connectivity index (χ1n) is 5.04. The summed E-state index contributed by atoms with van der Waals surface area (Å²) in [5.74, 6) is -0.854. The molecule has 0 bridgehead atoms. The third-order valence-corrected chi connectivity index (χ3v) is 2.04. The van der Waals surface area contributed by atoms with Crippen LogP contribution < -0.4 is 15.2 Å². The summed E-state index contributed by atoms with van der Waals surface area (Å²) in [7, 11) is 1.43. The Labute approximate surface area is 104 Å². The van der Waals surface area contributed by atoms with Crippen molar-refractivity contribution in [3.8, 4) is 11.5 Å². The van der Waals surface area contributed by atoms with Gasteiger partial charge in [-0.25, -0.2) is 4.79 Å². The Kier molecular flexibility index (Phi) is 4.74. The van der Waals surface area contributed by atoms with Crippen molar-refractivity contribution < 1.29 is 24.2 Å². The largest absolute Gasteiger partial charge is 0.493 e. The molecule has 0 radical (unpaired) electrons. The number of carboxylic acids is 1. The van der Waals surface area contributed by atoms with Crippen molar-refractivity contribution in [3.05, 3.63) is 35.9 Å². The van der Waals surface area contributed by atoms with Gasteiger partial charge in [-0.3, -0.25) is 4.79 Å². The first-order valence-corrected chi connectivity index (χ1v) is 5.04. The third kappa shape index (κ3) is 3.82. The van der Waals surface area contributed by atoms with Crippen LogP contribution in [-0.4, -0.2) is 30.7 Å². The van der Waals surface area contributed by atoms with E-state index >= 15 is 0 Å². The van der Waals surface area contributed by atoms with Gasteiger partial charge in [0.25, 0.3) is 0 Å². The summed E-state index contributed by atoms with van der Waals surface area (Å²) in [6, 6.07) is 4.49. The first kappa shape index (κ1) is 13.6. The van der Waals surface area contributed by atoms with Gasteiger partial charge in [0.2, 0.25) is 5.91 Å². The number of aliphatic carboxylic acids is 1. The maximum atomic E-state index is 11.0. The second-order valence-electron chi connectivity index (χ2n) is 3.28. The Bertz CT molecular complexity index is 481. The van der Waals surface area contributed by atoms with E-state index in [0.717, 1.165) is 6.08 Å². The van der Waals surface area contributed by atoms with E-state index in [4.69, 9.17) is 20.3 Å². The maximum absolute atomic E-state index is 11.0. The van der Waals surface area contributed by atoms with Gasteiger partial charge in [-0.05, 0) is 24.3 Å². The van der Waals surface area contributed by atoms with Gasteiger partial charge in [-0.1, -0.05) is 0 Å². The lowest BCUT2D eigenvalue weighted by atomic mass is 10.2. The average Bonchev–Trinajstić information content (AvgIpc) is 2.34. The zero-order valence-electron chi connectivity index (χ0n) is 9.75. The van der Waals surface area contributed by atoms with Crippen LogP contribution in [0.2, 0.25) is 0 Å². The molecule has 0 aliphatic heterocycles. The van der Waals surface area contributed by atoms with Gasteiger partial charge >= 0.3 is 5.97 Å². The third-order valence-electron chi connectivity index (χ3n) is 2.04. The summed E-state index contributed by atoms with van der Waals surface area (Å²) < 4.78 is 10.3. The summed E-state index contributed by atoms with van der Waals surface area (Å²) >= 11 is 0. The average molecular weight is 251 g/mol. The summed E-state index contributed by atoms with van der Waals surface area (Å²) in [5.41, 5.74) is 5.44. The van der Waals surface area contributed by atoms with Crippen molar-refractivity contribution in [2.24, 2.45) is 5.73 Å². The van der Waals surface area contributed by atoms with Gasteiger partial charge in [-0.2, -0.15) is 0 Å². The Morgan fingerprint density at radius 2 is 2.11 bits per heavy atom. The number of carbonyl (C=O) groups excluding carboxylic acids is 1. The van der Waals surface area contributed by atoms with Crippen LogP contribution in [0.25, 0.3) is 0 Å². The Balaban J connectivity index is 2.77. The fourth-order valence-corrected chi connectivity index (χ4v) is 1.23. The smallest absolute Gasteiger partial charge is 0.328 e. The number of hydrogen-bond acceptors (Lipinski definition) is 4. The second kappa shape index (κ2) is 6.29.